The number of nitrogens with zero attached hydrogens (tertiary/aromatic N) is 2. The average molecular weight is 555 g/mol. The van der Waals surface area contributed by atoms with Gasteiger partial charge in [0.05, 0.1) is 11.4 Å². The Hall–Kier alpha value is -5.08. The molecule has 43 heavy (non-hydrogen) atoms. The monoisotopic (exact) mass is 554 g/mol. The molecule has 6 aromatic rings. The second kappa shape index (κ2) is 10.6. The minimum Gasteiger partial charge on any atom is -0.228 e. The van der Waals surface area contributed by atoms with Gasteiger partial charge in [0.1, 0.15) is 0 Å². The van der Waals surface area contributed by atoms with Crippen molar-refractivity contribution in [2.75, 3.05) is 0 Å². The molecule has 1 aromatic heterocycles. The van der Waals surface area contributed by atoms with Crippen LogP contribution in [0.5, 0.6) is 0 Å². The van der Waals surface area contributed by atoms with Gasteiger partial charge in [-0.3, -0.25) is 0 Å². The molecule has 208 valence electrons. The lowest BCUT2D eigenvalue weighted by molar-refractivity contribution is 0.660. The van der Waals surface area contributed by atoms with Crippen LogP contribution in [0.25, 0.3) is 61.5 Å². The summed E-state index contributed by atoms with van der Waals surface area (Å²) in [6, 6.07) is 45.8. The van der Waals surface area contributed by atoms with E-state index in [9.17, 15) is 0 Å². The molecule has 7 rings (SSSR count). The van der Waals surface area contributed by atoms with E-state index in [0.717, 1.165) is 39.5 Å². The first-order valence-corrected chi connectivity index (χ1v) is 15.0. The van der Waals surface area contributed by atoms with Gasteiger partial charge in [-0.25, -0.2) is 9.97 Å². The first kappa shape index (κ1) is 26.8. The predicted molar refractivity (Wildman–Crippen MR) is 181 cm³/mol. The predicted octanol–water partition coefficient (Wildman–Crippen LogP) is 10.9. The van der Waals surface area contributed by atoms with Gasteiger partial charge in [-0.05, 0) is 88.2 Å². The second-order valence-corrected chi connectivity index (χ2v) is 11.9. The van der Waals surface area contributed by atoms with Crippen LogP contribution in [0, 0.1) is 0 Å². The van der Waals surface area contributed by atoms with Gasteiger partial charge in [0.2, 0.25) is 0 Å². The van der Waals surface area contributed by atoms with Crippen LogP contribution in [0.15, 0.2) is 133 Å². The van der Waals surface area contributed by atoms with E-state index in [-0.39, 0.29) is 5.41 Å². The smallest absolute Gasteiger partial charge is 0.155 e. The second-order valence-electron chi connectivity index (χ2n) is 11.9. The first-order valence-electron chi connectivity index (χ1n) is 15.0. The van der Waals surface area contributed by atoms with Crippen molar-refractivity contribution in [1.82, 2.24) is 9.97 Å². The van der Waals surface area contributed by atoms with Gasteiger partial charge in [-0.1, -0.05) is 123 Å². The van der Waals surface area contributed by atoms with E-state index >= 15 is 0 Å². The summed E-state index contributed by atoms with van der Waals surface area (Å²) in [5.41, 5.74) is 15.4. The van der Waals surface area contributed by atoms with Crippen molar-refractivity contribution in [1.29, 1.82) is 0 Å². The standard InChI is InChI=1S/C41H34N2/c1-5-27(2)40-42-38(28-13-7-6-8-14-28)26-39(43-40)33-18-12-17-31(24-33)29-15-11-16-30(23-29)32-21-22-37-35(25-32)34-19-9-10-20-36(34)41(37,3)4/h5-26H,1-4H3/b27-5+. The van der Waals surface area contributed by atoms with Crippen molar-refractivity contribution >= 4 is 5.57 Å². The number of aromatic nitrogens is 2. The molecule has 0 saturated carbocycles. The molecule has 0 atom stereocenters. The molecule has 0 fully saturated rings. The highest BCUT2D eigenvalue weighted by atomic mass is 14.9. The summed E-state index contributed by atoms with van der Waals surface area (Å²) >= 11 is 0. The molecule has 1 aliphatic rings. The fraction of sp³-hybridized carbons (Fsp3) is 0.122. The molecule has 0 spiro atoms. The topological polar surface area (TPSA) is 25.8 Å². The van der Waals surface area contributed by atoms with Gasteiger partial charge in [0, 0.05) is 16.5 Å². The molecule has 0 unspecified atom stereocenters. The molecule has 0 bridgehead atoms. The molecule has 0 N–H and O–H groups in total. The van der Waals surface area contributed by atoms with Crippen molar-refractivity contribution in [2.45, 2.75) is 33.1 Å². The highest BCUT2D eigenvalue weighted by Gasteiger charge is 2.35. The summed E-state index contributed by atoms with van der Waals surface area (Å²) in [6.45, 7) is 8.75. The number of hydrogen-bond acceptors (Lipinski definition) is 2. The van der Waals surface area contributed by atoms with E-state index in [1.54, 1.807) is 0 Å². The normalized spacial score (nSPS) is 13.4. The number of hydrogen-bond donors (Lipinski definition) is 0. The van der Waals surface area contributed by atoms with Crippen LogP contribution in [0.2, 0.25) is 0 Å². The zero-order valence-corrected chi connectivity index (χ0v) is 25.1. The number of benzene rings is 5. The third-order valence-corrected chi connectivity index (χ3v) is 8.85. The summed E-state index contributed by atoms with van der Waals surface area (Å²) in [5.74, 6) is 0.757. The zero-order valence-electron chi connectivity index (χ0n) is 25.1. The quantitative estimate of drug-likeness (QED) is 0.212. The van der Waals surface area contributed by atoms with Gasteiger partial charge in [-0.15, -0.1) is 0 Å². The molecular formula is C41H34N2. The van der Waals surface area contributed by atoms with Crippen LogP contribution in [-0.2, 0) is 5.41 Å². The third-order valence-electron chi connectivity index (χ3n) is 8.85. The Morgan fingerprint density at radius 3 is 1.74 bits per heavy atom. The summed E-state index contributed by atoms with van der Waals surface area (Å²) in [5, 5.41) is 0. The molecule has 2 nitrogen and oxygen atoms in total. The van der Waals surface area contributed by atoms with Gasteiger partial charge >= 0.3 is 0 Å². The molecule has 0 amide bonds. The van der Waals surface area contributed by atoms with Crippen LogP contribution in [0.3, 0.4) is 0 Å². The number of rotatable bonds is 5. The maximum atomic E-state index is 4.98. The first-order chi connectivity index (χ1) is 20.9. The molecule has 2 heteroatoms. The summed E-state index contributed by atoms with van der Waals surface area (Å²) in [6.07, 6.45) is 2.06. The third kappa shape index (κ3) is 4.79. The molecule has 1 aliphatic carbocycles. The van der Waals surface area contributed by atoms with Crippen molar-refractivity contribution in [3.05, 3.63) is 150 Å². The average Bonchev–Trinajstić information content (AvgIpc) is 3.30. The summed E-state index contributed by atoms with van der Waals surface area (Å²) in [7, 11) is 0. The number of allylic oxidation sites excluding steroid dienone is 2. The van der Waals surface area contributed by atoms with Crippen molar-refractivity contribution in [3.8, 4) is 55.9 Å². The molecule has 0 aliphatic heterocycles. The van der Waals surface area contributed by atoms with Gasteiger partial charge in [-0.2, -0.15) is 0 Å². The molecule has 0 radical (unpaired) electrons. The highest BCUT2D eigenvalue weighted by molar-refractivity contribution is 5.85. The zero-order chi connectivity index (χ0) is 29.6. The summed E-state index contributed by atoms with van der Waals surface area (Å²) in [4.78, 5) is 9.88. The van der Waals surface area contributed by atoms with Crippen LogP contribution >= 0.6 is 0 Å². The minimum atomic E-state index is 0.0133. The Labute approximate surface area is 254 Å². The highest BCUT2D eigenvalue weighted by Crippen LogP contribution is 2.49. The van der Waals surface area contributed by atoms with Crippen molar-refractivity contribution < 1.29 is 0 Å². The van der Waals surface area contributed by atoms with Gasteiger partial charge in [0.15, 0.2) is 5.82 Å². The van der Waals surface area contributed by atoms with Crippen LogP contribution in [0.4, 0.5) is 0 Å². The van der Waals surface area contributed by atoms with Gasteiger partial charge in [0.25, 0.3) is 0 Å². The van der Waals surface area contributed by atoms with Crippen LogP contribution in [-0.4, -0.2) is 9.97 Å². The molecular weight excluding hydrogens is 520 g/mol. The fourth-order valence-electron chi connectivity index (χ4n) is 6.29. The maximum Gasteiger partial charge on any atom is 0.155 e. The van der Waals surface area contributed by atoms with Crippen molar-refractivity contribution in [2.24, 2.45) is 0 Å². The lowest BCUT2D eigenvalue weighted by atomic mass is 9.82. The largest absolute Gasteiger partial charge is 0.228 e. The molecule has 1 heterocycles. The lowest BCUT2D eigenvalue weighted by Crippen LogP contribution is -2.14. The van der Waals surface area contributed by atoms with Gasteiger partial charge < -0.3 is 0 Å². The SMILES string of the molecule is C/C=C(\C)c1nc(-c2ccccc2)cc(-c2cccc(-c3cccc(-c4ccc5c(c4)-c4ccccc4C5(C)C)c3)c2)n1. The van der Waals surface area contributed by atoms with Crippen LogP contribution in [0.1, 0.15) is 44.6 Å². The van der Waals surface area contributed by atoms with E-state index in [1.807, 2.05) is 25.1 Å². The lowest BCUT2D eigenvalue weighted by Gasteiger charge is -2.21. The molecule has 5 aromatic carbocycles. The number of fused-ring (bicyclic) bond motifs is 3. The Balaban J connectivity index is 1.28. The fourth-order valence-corrected chi connectivity index (χ4v) is 6.29. The minimum absolute atomic E-state index is 0.0133. The van der Waals surface area contributed by atoms with E-state index in [1.165, 1.54) is 38.9 Å². The van der Waals surface area contributed by atoms with Crippen LogP contribution < -0.4 is 0 Å². The van der Waals surface area contributed by atoms with E-state index in [2.05, 4.69) is 136 Å². The summed E-state index contributed by atoms with van der Waals surface area (Å²) < 4.78 is 0. The van der Waals surface area contributed by atoms with E-state index < -0.39 is 0 Å². The van der Waals surface area contributed by atoms with Crippen molar-refractivity contribution in [3.63, 3.8) is 0 Å². The maximum absolute atomic E-state index is 4.98. The van der Waals surface area contributed by atoms with E-state index in [0.29, 0.717) is 0 Å². The Kier molecular flexibility index (Phi) is 6.63. The Morgan fingerprint density at radius 1 is 0.512 bits per heavy atom. The molecule has 0 saturated heterocycles. The van der Waals surface area contributed by atoms with E-state index in [4.69, 9.17) is 9.97 Å². The Morgan fingerprint density at radius 2 is 1.05 bits per heavy atom. The Bertz CT molecular complexity index is 2010.